The molecule has 174 valence electrons. The van der Waals surface area contributed by atoms with Gasteiger partial charge in [-0.1, -0.05) is 44.2 Å². The smallest absolute Gasteiger partial charge is 0.328 e. The Kier molecular flexibility index (Phi) is 7.26. The van der Waals surface area contributed by atoms with E-state index in [1.165, 1.54) is 22.5 Å². The molecule has 0 radical (unpaired) electrons. The lowest BCUT2D eigenvalue weighted by Gasteiger charge is -2.19. The van der Waals surface area contributed by atoms with Gasteiger partial charge in [0, 0.05) is 6.54 Å². The zero-order chi connectivity index (χ0) is 23.5. The first-order valence-electron chi connectivity index (χ1n) is 10.3. The quantitative estimate of drug-likeness (QED) is 0.553. The molecule has 2 aromatic carbocycles. The van der Waals surface area contributed by atoms with Gasteiger partial charge in [-0.25, -0.2) is 21.6 Å². The van der Waals surface area contributed by atoms with Crippen LogP contribution in [0.5, 0.6) is 0 Å². The van der Waals surface area contributed by atoms with Crippen LogP contribution >= 0.6 is 0 Å². The maximum Gasteiger partial charge on any atom is 0.328 e. The number of esters is 1. The number of sulfonamides is 2. The topological polar surface area (TPSA) is 110 Å². The van der Waals surface area contributed by atoms with Gasteiger partial charge in [0.15, 0.2) is 0 Å². The van der Waals surface area contributed by atoms with Gasteiger partial charge in [0.2, 0.25) is 20.0 Å². The summed E-state index contributed by atoms with van der Waals surface area (Å²) in [5, 5.41) is 0. The van der Waals surface area contributed by atoms with Crippen molar-refractivity contribution >= 4 is 31.7 Å². The summed E-state index contributed by atoms with van der Waals surface area (Å²) in [5.74, 6) is -0.336. The second kappa shape index (κ2) is 9.60. The lowest BCUT2D eigenvalue weighted by molar-refractivity contribution is -0.146. The molecule has 2 aromatic rings. The van der Waals surface area contributed by atoms with Gasteiger partial charge < -0.3 is 4.74 Å². The number of hydrogen-bond acceptors (Lipinski definition) is 6. The van der Waals surface area contributed by atoms with Gasteiger partial charge in [0.05, 0.1) is 23.4 Å². The van der Waals surface area contributed by atoms with E-state index in [2.05, 4.69) is 4.72 Å². The Hall–Kier alpha value is -2.43. The number of nitrogens with one attached hydrogen (secondary N) is 1. The van der Waals surface area contributed by atoms with Crippen molar-refractivity contribution in [2.45, 2.75) is 37.6 Å². The largest absolute Gasteiger partial charge is 0.464 e. The Morgan fingerprint density at radius 3 is 2.41 bits per heavy atom. The number of nitrogens with zero attached hydrogens (tertiary/aromatic N) is 1. The summed E-state index contributed by atoms with van der Waals surface area (Å²) in [5.41, 5.74) is 1.56. The normalized spacial score (nSPS) is 14.9. The van der Waals surface area contributed by atoms with Gasteiger partial charge in [-0.15, -0.1) is 0 Å². The third kappa shape index (κ3) is 5.67. The Bertz CT molecular complexity index is 1180. The number of ether oxygens (including phenoxy) is 1. The molecule has 0 saturated heterocycles. The second-order valence-corrected chi connectivity index (χ2v) is 11.8. The molecule has 8 nitrogen and oxygen atoms in total. The van der Waals surface area contributed by atoms with Crippen molar-refractivity contribution in [1.82, 2.24) is 4.72 Å². The van der Waals surface area contributed by atoms with E-state index in [9.17, 15) is 21.6 Å². The highest BCUT2D eigenvalue weighted by molar-refractivity contribution is 7.92. The molecule has 0 aliphatic carbocycles. The third-order valence-corrected chi connectivity index (χ3v) is 7.80. The van der Waals surface area contributed by atoms with Crippen molar-refractivity contribution in [2.24, 2.45) is 5.92 Å². The van der Waals surface area contributed by atoms with E-state index in [4.69, 9.17) is 4.74 Å². The number of carbonyl (C=O) groups excluding carboxylic acids is 1. The first kappa shape index (κ1) is 24.2. The van der Waals surface area contributed by atoms with Crippen molar-refractivity contribution in [3.8, 4) is 0 Å². The average molecular weight is 481 g/mol. The summed E-state index contributed by atoms with van der Waals surface area (Å²) >= 11 is 0. The van der Waals surface area contributed by atoms with Crippen molar-refractivity contribution < 1.29 is 26.4 Å². The number of benzene rings is 2. The molecule has 10 heteroatoms. The molecule has 0 amide bonds. The summed E-state index contributed by atoms with van der Waals surface area (Å²) in [7, 11) is -7.53. The SMILES string of the molecule is CC(C)CCOC(=O)[C@H](NS(=O)(=O)c1ccc2c(c1)CCN2S(C)(=O)=O)c1ccccc1. The minimum absolute atomic E-state index is 0.0393. The highest BCUT2D eigenvalue weighted by Crippen LogP contribution is 2.32. The number of rotatable bonds is 9. The van der Waals surface area contributed by atoms with Gasteiger partial charge in [-0.2, -0.15) is 4.72 Å². The number of hydrogen-bond donors (Lipinski definition) is 1. The van der Waals surface area contributed by atoms with E-state index in [1.807, 2.05) is 13.8 Å². The van der Waals surface area contributed by atoms with E-state index in [1.54, 1.807) is 30.3 Å². The molecule has 0 bridgehead atoms. The molecule has 1 atom stereocenters. The van der Waals surface area contributed by atoms with E-state index >= 15 is 0 Å². The molecule has 32 heavy (non-hydrogen) atoms. The summed E-state index contributed by atoms with van der Waals surface area (Å²) < 4.78 is 59.2. The van der Waals surface area contributed by atoms with E-state index < -0.39 is 32.1 Å². The van der Waals surface area contributed by atoms with Crippen LogP contribution in [0.15, 0.2) is 53.4 Å². The Balaban J connectivity index is 1.87. The van der Waals surface area contributed by atoms with Crippen LogP contribution in [0.2, 0.25) is 0 Å². The Morgan fingerprint density at radius 1 is 1.09 bits per heavy atom. The highest BCUT2D eigenvalue weighted by atomic mass is 32.2. The second-order valence-electron chi connectivity index (χ2n) is 8.19. The predicted molar refractivity (Wildman–Crippen MR) is 122 cm³/mol. The number of carbonyl (C=O) groups is 1. The molecule has 1 heterocycles. The average Bonchev–Trinajstić information content (AvgIpc) is 3.16. The van der Waals surface area contributed by atoms with E-state index in [0.29, 0.717) is 35.6 Å². The van der Waals surface area contributed by atoms with Crippen LogP contribution in [0.3, 0.4) is 0 Å². The van der Waals surface area contributed by atoms with Crippen LogP contribution in [0.4, 0.5) is 5.69 Å². The lowest BCUT2D eigenvalue weighted by atomic mass is 10.1. The summed E-state index contributed by atoms with van der Waals surface area (Å²) in [6.45, 7) is 4.47. The van der Waals surface area contributed by atoms with Crippen LogP contribution < -0.4 is 9.03 Å². The molecule has 0 saturated carbocycles. The Labute approximate surface area is 189 Å². The number of anilines is 1. The minimum atomic E-state index is -4.09. The molecular weight excluding hydrogens is 452 g/mol. The van der Waals surface area contributed by atoms with Gasteiger partial charge in [-0.05, 0) is 48.1 Å². The van der Waals surface area contributed by atoms with Gasteiger partial charge >= 0.3 is 5.97 Å². The van der Waals surface area contributed by atoms with Crippen LogP contribution in [-0.2, 0) is 36.0 Å². The van der Waals surface area contributed by atoms with Gasteiger partial charge in [-0.3, -0.25) is 4.31 Å². The molecule has 0 unspecified atom stereocenters. The third-order valence-electron chi connectivity index (χ3n) is 5.20. The fourth-order valence-electron chi connectivity index (χ4n) is 3.46. The molecular formula is C22H28N2O6S2. The van der Waals surface area contributed by atoms with Crippen molar-refractivity contribution in [3.63, 3.8) is 0 Å². The van der Waals surface area contributed by atoms with Crippen molar-refractivity contribution in [2.75, 3.05) is 23.7 Å². The first-order chi connectivity index (χ1) is 15.0. The van der Waals surface area contributed by atoms with Crippen molar-refractivity contribution in [1.29, 1.82) is 0 Å². The van der Waals surface area contributed by atoms with Crippen molar-refractivity contribution in [3.05, 3.63) is 59.7 Å². The monoisotopic (exact) mass is 480 g/mol. The number of fused-ring (bicyclic) bond motifs is 1. The summed E-state index contributed by atoms with van der Waals surface area (Å²) in [6.07, 6.45) is 2.19. The fourth-order valence-corrected chi connectivity index (χ4v) is 5.64. The zero-order valence-corrected chi connectivity index (χ0v) is 19.9. The Morgan fingerprint density at radius 2 is 1.78 bits per heavy atom. The lowest BCUT2D eigenvalue weighted by Crippen LogP contribution is -2.35. The minimum Gasteiger partial charge on any atom is -0.464 e. The molecule has 1 N–H and O–H groups in total. The molecule has 3 rings (SSSR count). The van der Waals surface area contributed by atoms with Crippen LogP contribution in [0, 0.1) is 5.92 Å². The summed E-state index contributed by atoms with van der Waals surface area (Å²) in [4.78, 5) is 12.7. The molecule has 1 aliphatic heterocycles. The maximum atomic E-state index is 13.1. The summed E-state index contributed by atoms with van der Waals surface area (Å²) in [6, 6.07) is 11.6. The maximum absolute atomic E-state index is 13.1. The van der Waals surface area contributed by atoms with E-state index in [-0.39, 0.29) is 18.0 Å². The first-order valence-corrected chi connectivity index (χ1v) is 13.7. The fraction of sp³-hybridized carbons (Fsp3) is 0.409. The highest BCUT2D eigenvalue weighted by Gasteiger charge is 2.31. The molecule has 0 aromatic heterocycles. The van der Waals surface area contributed by atoms with Crippen LogP contribution in [-0.4, -0.2) is 42.2 Å². The predicted octanol–water partition coefficient (Wildman–Crippen LogP) is 2.62. The zero-order valence-electron chi connectivity index (χ0n) is 18.3. The van der Waals surface area contributed by atoms with Gasteiger partial charge in [0.25, 0.3) is 0 Å². The van der Waals surface area contributed by atoms with Crippen LogP contribution in [0.1, 0.15) is 37.4 Å². The standard InChI is InChI=1S/C22H28N2O6S2/c1-16(2)12-14-30-22(25)21(17-7-5-4-6-8-17)23-32(28,29)19-9-10-20-18(15-19)11-13-24(20)31(3,26)27/h4-10,15-16,21,23H,11-14H2,1-3H3/t21-/m1/s1. The van der Waals surface area contributed by atoms with E-state index in [0.717, 1.165) is 6.26 Å². The molecule has 0 fully saturated rings. The molecule has 0 spiro atoms. The van der Waals surface area contributed by atoms with Gasteiger partial charge in [0.1, 0.15) is 6.04 Å². The molecule has 1 aliphatic rings. The van der Waals surface area contributed by atoms with Crippen LogP contribution in [0.25, 0.3) is 0 Å².